The van der Waals surface area contributed by atoms with Gasteiger partial charge in [0.2, 0.25) is 0 Å². The number of allylic oxidation sites excluding steroid dienone is 4. The highest BCUT2D eigenvalue weighted by atomic mass is 16.5. The number of ether oxygens (including phenoxy) is 2. The van der Waals surface area contributed by atoms with Gasteiger partial charge in [0, 0.05) is 13.2 Å². The van der Waals surface area contributed by atoms with Crippen LogP contribution in [0.1, 0.15) is 32.1 Å². The van der Waals surface area contributed by atoms with Crippen molar-refractivity contribution in [3.05, 3.63) is 24.3 Å². The fraction of sp³-hybridized carbons (Fsp3) is 0.714. The van der Waals surface area contributed by atoms with Crippen molar-refractivity contribution in [1.82, 2.24) is 0 Å². The highest BCUT2D eigenvalue weighted by Crippen LogP contribution is 2.42. The van der Waals surface area contributed by atoms with Gasteiger partial charge in [-0.3, -0.25) is 0 Å². The van der Waals surface area contributed by atoms with Crippen LogP contribution in [-0.4, -0.2) is 25.4 Å². The first kappa shape index (κ1) is 10.5. The van der Waals surface area contributed by atoms with E-state index in [2.05, 4.69) is 24.3 Å². The summed E-state index contributed by atoms with van der Waals surface area (Å²) in [5, 5.41) is 0. The monoisotopic (exact) mass is 220 g/mol. The van der Waals surface area contributed by atoms with E-state index < -0.39 is 0 Å². The molecule has 0 saturated carbocycles. The molecular formula is C14H20O2. The van der Waals surface area contributed by atoms with Gasteiger partial charge in [-0.2, -0.15) is 0 Å². The van der Waals surface area contributed by atoms with Crippen molar-refractivity contribution < 1.29 is 9.47 Å². The molecule has 1 aliphatic carbocycles. The van der Waals surface area contributed by atoms with Crippen LogP contribution in [0.2, 0.25) is 0 Å². The fourth-order valence-corrected chi connectivity index (χ4v) is 2.89. The molecule has 0 amide bonds. The van der Waals surface area contributed by atoms with Gasteiger partial charge in [0.15, 0.2) is 0 Å². The third-order valence-electron chi connectivity index (χ3n) is 4.08. The lowest BCUT2D eigenvalue weighted by molar-refractivity contribution is -0.0972. The molecule has 2 heterocycles. The maximum atomic E-state index is 5.59. The average Bonchev–Trinajstić information content (AvgIpc) is 2.20. The molecule has 3 aliphatic rings. The summed E-state index contributed by atoms with van der Waals surface area (Å²) in [6.45, 7) is 1.92. The molecule has 2 atom stereocenters. The number of hydrogen-bond acceptors (Lipinski definition) is 2. The van der Waals surface area contributed by atoms with E-state index in [0.29, 0.717) is 17.6 Å². The Morgan fingerprint density at radius 1 is 1.00 bits per heavy atom. The van der Waals surface area contributed by atoms with Crippen molar-refractivity contribution in [2.75, 3.05) is 13.2 Å². The van der Waals surface area contributed by atoms with Crippen LogP contribution in [0, 0.1) is 5.41 Å². The molecule has 3 rings (SSSR count). The third kappa shape index (κ3) is 2.09. The molecule has 2 saturated heterocycles. The summed E-state index contributed by atoms with van der Waals surface area (Å²) in [7, 11) is 0. The van der Waals surface area contributed by atoms with Crippen LogP contribution in [0.5, 0.6) is 0 Å². The van der Waals surface area contributed by atoms with Gasteiger partial charge in [-0.05, 0) is 37.5 Å². The first-order valence-corrected chi connectivity index (χ1v) is 6.44. The minimum Gasteiger partial charge on any atom is -0.378 e. The van der Waals surface area contributed by atoms with Crippen molar-refractivity contribution in [2.45, 2.75) is 44.3 Å². The van der Waals surface area contributed by atoms with Gasteiger partial charge in [0.05, 0.1) is 12.2 Å². The van der Waals surface area contributed by atoms with Gasteiger partial charge in [-0.1, -0.05) is 24.3 Å². The molecule has 88 valence electrons. The first-order chi connectivity index (χ1) is 7.86. The predicted molar refractivity (Wildman–Crippen MR) is 63.3 cm³/mol. The molecule has 0 N–H and O–H groups in total. The second kappa shape index (κ2) is 4.34. The maximum Gasteiger partial charge on any atom is 0.0605 e. The smallest absolute Gasteiger partial charge is 0.0605 e. The Morgan fingerprint density at radius 3 is 2.00 bits per heavy atom. The molecule has 0 spiro atoms. The molecule has 0 bridgehead atoms. The number of hydrogen-bond donors (Lipinski definition) is 0. The van der Waals surface area contributed by atoms with Gasteiger partial charge >= 0.3 is 0 Å². The van der Waals surface area contributed by atoms with Gasteiger partial charge in [0.25, 0.3) is 0 Å². The Hall–Kier alpha value is -0.600. The maximum absolute atomic E-state index is 5.59. The van der Waals surface area contributed by atoms with Crippen LogP contribution in [0.15, 0.2) is 24.3 Å². The normalized spacial score (nSPS) is 41.5. The standard InChI is InChI=1S/C14H20O2/c1-2-6-14(7-3-1,10-12-4-8-15-12)11-13-5-9-16-13/h1-3,6,12-13H,4-5,7-11H2. The molecule has 2 heteroatoms. The van der Waals surface area contributed by atoms with Crippen LogP contribution in [0.3, 0.4) is 0 Å². The van der Waals surface area contributed by atoms with Crippen molar-refractivity contribution >= 4 is 0 Å². The Bertz CT molecular complexity index is 282. The highest BCUT2D eigenvalue weighted by Gasteiger charge is 2.37. The van der Waals surface area contributed by atoms with Gasteiger partial charge in [-0.15, -0.1) is 0 Å². The molecule has 16 heavy (non-hydrogen) atoms. The van der Waals surface area contributed by atoms with Crippen LogP contribution >= 0.6 is 0 Å². The minimum atomic E-state index is 0.310. The zero-order chi connectivity index (χ0) is 10.8. The fourth-order valence-electron chi connectivity index (χ4n) is 2.89. The topological polar surface area (TPSA) is 18.5 Å². The molecule has 2 fully saturated rings. The van der Waals surface area contributed by atoms with Crippen molar-refractivity contribution in [1.29, 1.82) is 0 Å². The predicted octanol–water partition coefficient (Wildman–Crippen LogP) is 2.85. The summed E-state index contributed by atoms with van der Waals surface area (Å²) in [5.41, 5.74) is 0.310. The second-order valence-electron chi connectivity index (χ2n) is 5.32. The summed E-state index contributed by atoms with van der Waals surface area (Å²) in [5.74, 6) is 0. The van der Waals surface area contributed by atoms with E-state index in [0.717, 1.165) is 19.6 Å². The summed E-state index contributed by atoms with van der Waals surface area (Å²) in [4.78, 5) is 0. The van der Waals surface area contributed by atoms with E-state index in [4.69, 9.17) is 9.47 Å². The first-order valence-electron chi connectivity index (χ1n) is 6.44. The highest BCUT2D eigenvalue weighted by molar-refractivity contribution is 5.17. The van der Waals surface area contributed by atoms with Crippen molar-refractivity contribution in [2.24, 2.45) is 5.41 Å². The van der Waals surface area contributed by atoms with E-state index >= 15 is 0 Å². The lowest BCUT2D eigenvalue weighted by Crippen LogP contribution is -2.39. The van der Waals surface area contributed by atoms with E-state index in [1.807, 2.05) is 0 Å². The molecular weight excluding hydrogens is 200 g/mol. The van der Waals surface area contributed by atoms with Crippen LogP contribution in [-0.2, 0) is 9.47 Å². The summed E-state index contributed by atoms with van der Waals surface area (Å²) < 4.78 is 11.2. The van der Waals surface area contributed by atoms with Gasteiger partial charge in [-0.25, -0.2) is 0 Å². The zero-order valence-corrected chi connectivity index (χ0v) is 9.73. The van der Waals surface area contributed by atoms with Crippen molar-refractivity contribution in [3.63, 3.8) is 0 Å². The van der Waals surface area contributed by atoms with E-state index in [1.54, 1.807) is 0 Å². The molecule has 0 aromatic heterocycles. The van der Waals surface area contributed by atoms with E-state index in [1.165, 1.54) is 25.7 Å². The Balaban J connectivity index is 1.65. The number of rotatable bonds is 4. The van der Waals surface area contributed by atoms with E-state index in [-0.39, 0.29) is 0 Å². The Labute approximate surface area is 97.3 Å². The Morgan fingerprint density at radius 2 is 1.62 bits per heavy atom. The summed E-state index contributed by atoms with van der Waals surface area (Å²) in [6.07, 6.45) is 16.0. The van der Waals surface area contributed by atoms with Crippen LogP contribution in [0.4, 0.5) is 0 Å². The molecule has 2 unspecified atom stereocenters. The quantitative estimate of drug-likeness (QED) is 0.725. The average molecular weight is 220 g/mol. The largest absolute Gasteiger partial charge is 0.378 e. The van der Waals surface area contributed by atoms with Crippen LogP contribution in [0.25, 0.3) is 0 Å². The molecule has 2 aliphatic heterocycles. The zero-order valence-electron chi connectivity index (χ0n) is 9.73. The molecule has 0 aromatic carbocycles. The van der Waals surface area contributed by atoms with Gasteiger partial charge in [0.1, 0.15) is 0 Å². The summed E-state index contributed by atoms with van der Waals surface area (Å²) >= 11 is 0. The minimum absolute atomic E-state index is 0.310. The summed E-state index contributed by atoms with van der Waals surface area (Å²) in [6, 6.07) is 0. The van der Waals surface area contributed by atoms with Crippen LogP contribution < -0.4 is 0 Å². The SMILES string of the molecule is C1=CCC(CC2CCO2)(CC2CCO2)C=C1. The molecule has 2 nitrogen and oxygen atoms in total. The third-order valence-corrected chi connectivity index (χ3v) is 4.08. The van der Waals surface area contributed by atoms with Crippen molar-refractivity contribution in [3.8, 4) is 0 Å². The Kier molecular flexibility index (Phi) is 2.86. The van der Waals surface area contributed by atoms with E-state index in [9.17, 15) is 0 Å². The lowest BCUT2D eigenvalue weighted by Gasteiger charge is -2.42. The molecule has 0 aromatic rings. The molecule has 0 radical (unpaired) electrons. The second-order valence-corrected chi connectivity index (χ2v) is 5.32. The lowest BCUT2D eigenvalue weighted by atomic mass is 9.71. The van der Waals surface area contributed by atoms with Gasteiger partial charge < -0.3 is 9.47 Å².